The molecule has 3 N–H and O–H groups in total. The van der Waals surface area contributed by atoms with Crippen LogP contribution in [0.3, 0.4) is 0 Å². The highest BCUT2D eigenvalue weighted by molar-refractivity contribution is 7.98. The largest absolute Gasteiger partial charge is 0.409 e. The smallest absolute Gasteiger partial charge is 0.226 e. The van der Waals surface area contributed by atoms with Gasteiger partial charge in [0.1, 0.15) is 0 Å². The maximum Gasteiger partial charge on any atom is 0.226 e. The number of amides is 1. The van der Waals surface area contributed by atoms with Crippen LogP contribution in [0.2, 0.25) is 0 Å². The second-order valence-corrected chi connectivity index (χ2v) is 5.34. The molecular weight excluding hydrogens is 238 g/mol. The average molecular weight is 259 g/mol. The van der Waals surface area contributed by atoms with Crippen LogP contribution < -0.4 is 5.73 Å². The first kappa shape index (κ1) is 14.2. The van der Waals surface area contributed by atoms with E-state index in [9.17, 15) is 4.79 Å². The molecule has 0 saturated carbocycles. The van der Waals surface area contributed by atoms with E-state index in [0.29, 0.717) is 6.54 Å². The number of hydrogen-bond acceptors (Lipinski definition) is 4. The molecule has 98 valence electrons. The van der Waals surface area contributed by atoms with E-state index in [4.69, 9.17) is 10.9 Å². The Morgan fingerprint density at radius 1 is 1.65 bits per heavy atom. The van der Waals surface area contributed by atoms with E-state index in [-0.39, 0.29) is 23.7 Å². The van der Waals surface area contributed by atoms with E-state index in [1.54, 1.807) is 16.7 Å². The highest BCUT2D eigenvalue weighted by Gasteiger charge is 2.31. The van der Waals surface area contributed by atoms with Crippen molar-refractivity contribution in [2.45, 2.75) is 32.2 Å². The number of amidine groups is 1. The minimum absolute atomic E-state index is 0.0166. The highest BCUT2D eigenvalue weighted by atomic mass is 32.2. The summed E-state index contributed by atoms with van der Waals surface area (Å²) in [5.74, 6) is 1.04. The van der Waals surface area contributed by atoms with Gasteiger partial charge < -0.3 is 15.8 Å². The predicted molar refractivity (Wildman–Crippen MR) is 70.3 cm³/mol. The zero-order valence-corrected chi connectivity index (χ0v) is 11.2. The summed E-state index contributed by atoms with van der Waals surface area (Å²) in [5.41, 5.74) is 5.65. The third-order valence-electron chi connectivity index (χ3n) is 3.08. The van der Waals surface area contributed by atoms with Crippen molar-refractivity contribution in [1.82, 2.24) is 4.90 Å². The number of nitrogens with zero attached hydrogens (tertiary/aromatic N) is 2. The van der Waals surface area contributed by atoms with E-state index in [1.807, 2.05) is 13.2 Å². The Morgan fingerprint density at radius 3 is 2.94 bits per heavy atom. The monoisotopic (exact) mass is 259 g/mol. The molecule has 0 aromatic heterocycles. The Balaban J connectivity index is 2.74. The number of nitrogens with two attached hydrogens (primary N) is 1. The molecule has 17 heavy (non-hydrogen) atoms. The number of thioether (sulfide) groups is 1. The molecule has 6 heteroatoms. The summed E-state index contributed by atoms with van der Waals surface area (Å²) in [4.78, 5) is 14.0. The van der Waals surface area contributed by atoms with Crippen LogP contribution in [-0.4, -0.2) is 46.4 Å². The van der Waals surface area contributed by atoms with Gasteiger partial charge in [-0.2, -0.15) is 11.8 Å². The first-order valence-corrected chi connectivity index (χ1v) is 7.28. The van der Waals surface area contributed by atoms with Crippen LogP contribution in [-0.2, 0) is 4.79 Å². The van der Waals surface area contributed by atoms with Gasteiger partial charge in [-0.3, -0.25) is 4.79 Å². The third kappa shape index (κ3) is 3.52. The molecule has 2 unspecified atom stereocenters. The van der Waals surface area contributed by atoms with Gasteiger partial charge in [0.05, 0.1) is 6.04 Å². The van der Waals surface area contributed by atoms with Gasteiger partial charge in [0, 0.05) is 18.2 Å². The minimum atomic E-state index is -0.231. The van der Waals surface area contributed by atoms with Crippen LogP contribution in [0.15, 0.2) is 5.16 Å². The van der Waals surface area contributed by atoms with Crippen molar-refractivity contribution in [3.8, 4) is 0 Å². The van der Waals surface area contributed by atoms with Crippen molar-refractivity contribution in [2.75, 3.05) is 18.6 Å². The molecule has 0 bridgehead atoms. The fourth-order valence-corrected chi connectivity index (χ4v) is 2.82. The lowest BCUT2D eigenvalue weighted by atomic mass is 9.99. The molecule has 1 aliphatic heterocycles. The molecule has 1 amide bonds. The first-order valence-electron chi connectivity index (χ1n) is 5.88. The van der Waals surface area contributed by atoms with E-state index in [0.717, 1.165) is 25.0 Å². The molecule has 1 aliphatic rings. The Morgan fingerprint density at radius 2 is 2.35 bits per heavy atom. The molecule has 0 aromatic carbocycles. The first-order chi connectivity index (χ1) is 8.11. The highest BCUT2D eigenvalue weighted by Crippen LogP contribution is 2.20. The number of carbonyl (C=O) groups is 1. The summed E-state index contributed by atoms with van der Waals surface area (Å²) in [7, 11) is 0. The third-order valence-corrected chi connectivity index (χ3v) is 3.91. The van der Waals surface area contributed by atoms with Crippen LogP contribution in [0, 0.1) is 5.92 Å². The number of carbonyl (C=O) groups excluding carboxylic acids is 1. The van der Waals surface area contributed by atoms with Crippen LogP contribution in [0.1, 0.15) is 26.2 Å². The molecule has 1 heterocycles. The van der Waals surface area contributed by atoms with Crippen LogP contribution in [0.4, 0.5) is 0 Å². The number of hydrogen-bond donors (Lipinski definition) is 2. The van der Waals surface area contributed by atoms with Crippen LogP contribution >= 0.6 is 11.8 Å². The Labute approximate surface area is 106 Å². The molecule has 0 aromatic rings. The standard InChI is InChI=1S/C11H21N3O2S/c1-8(7-17-2)11(15)14-6-4-3-5-9(14)10(12)13-16/h8-9,16H,3-7H2,1-2H3,(H2,12,13). The van der Waals surface area contributed by atoms with Crippen molar-refractivity contribution in [3.05, 3.63) is 0 Å². The number of likely N-dealkylation sites (tertiary alicyclic amines) is 1. The average Bonchev–Trinajstić information content (AvgIpc) is 2.37. The second kappa shape index (κ2) is 6.74. The van der Waals surface area contributed by atoms with Crippen molar-refractivity contribution in [1.29, 1.82) is 0 Å². The Bertz CT molecular complexity index is 296. The van der Waals surface area contributed by atoms with E-state index in [1.165, 1.54) is 0 Å². The van der Waals surface area contributed by atoms with E-state index in [2.05, 4.69) is 5.16 Å². The van der Waals surface area contributed by atoms with Crippen LogP contribution in [0.5, 0.6) is 0 Å². The summed E-state index contributed by atoms with van der Waals surface area (Å²) in [6, 6.07) is -0.231. The zero-order chi connectivity index (χ0) is 12.8. The lowest BCUT2D eigenvalue weighted by Crippen LogP contribution is -2.52. The SMILES string of the molecule is CSCC(C)C(=O)N1CCCCC1C(N)=NO. The maximum atomic E-state index is 12.2. The van der Waals surface area contributed by atoms with E-state index >= 15 is 0 Å². The second-order valence-electron chi connectivity index (χ2n) is 4.42. The molecule has 1 fully saturated rings. The summed E-state index contributed by atoms with van der Waals surface area (Å²) in [6.45, 7) is 2.63. The molecular formula is C11H21N3O2S. The number of oxime groups is 1. The zero-order valence-electron chi connectivity index (χ0n) is 10.4. The van der Waals surface area contributed by atoms with Gasteiger partial charge in [-0.15, -0.1) is 0 Å². The van der Waals surface area contributed by atoms with Crippen molar-refractivity contribution in [3.63, 3.8) is 0 Å². The summed E-state index contributed by atoms with van der Waals surface area (Å²) < 4.78 is 0. The number of piperidine rings is 1. The minimum Gasteiger partial charge on any atom is -0.409 e. The quantitative estimate of drug-likeness (QED) is 0.343. The normalized spacial score (nSPS) is 23.5. The molecule has 1 saturated heterocycles. The molecule has 0 radical (unpaired) electrons. The van der Waals surface area contributed by atoms with Crippen molar-refractivity contribution >= 4 is 23.5 Å². The molecule has 0 spiro atoms. The molecule has 1 rings (SSSR count). The van der Waals surface area contributed by atoms with Gasteiger partial charge in [0.15, 0.2) is 5.84 Å². The maximum absolute atomic E-state index is 12.2. The van der Waals surface area contributed by atoms with Gasteiger partial charge in [-0.05, 0) is 25.5 Å². The van der Waals surface area contributed by atoms with Gasteiger partial charge in [-0.1, -0.05) is 12.1 Å². The van der Waals surface area contributed by atoms with Crippen molar-refractivity contribution < 1.29 is 10.0 Å². The predicted octanol–water partition coefficient (Wildman–Crippen LogP) is 1.11. The van der Waals surface area contributed by atoms with Gasteiger partial charge in [0.2, 0.25) is 5.91 Å². The van der Waals surface area contributed by atoms with Gasteiger partial charge in [0.25, 0.3) is 0 Å². The summed E-state index contributed by atoms with van der Waals surface area (Å²) in [5, 5.41) is 11.8. The Kier molecular flexibility index (Phi) is 5.61. The van der Waals surface area contributed by atoms with Crippen molar-refractivity contribution in [2.24, 2.45) is 16.8 Å². The summed E-state index contributed by atoms with van der Waals surface area (Å²) >= 11 is 1.66. The van der Waals surface area contributed by atoms with Gasteiger partial charge >= 0.3 is 0 Å². The van der Waals surface area contributed by atoms with Gasteiger partial charge in [-0.25, -0.2) is 0 Å². The molecule has 5 nitrogen and oxygen atoms in total. The number of rotatable bonds is 4. The summed E-state index contributed by atoms with van der Waals surface area (Å²) in [6.07, 6.45) is 4.78. The van der Waals surface area contributed by atoms with Crippen LogP contribution in [0.25, 0.3) is 0 Å². The van der Waals surface area contributed by atoms with E-state index < -0.39 is 0 Å². The lowest BCUT2D eigenvalue weighted by Gasteiger charge is -2.36. The lowest BCUT2D eigenvalue weighted by molar-refractivity contribution is -0.136. The Hall–Kier alpha value is -0.910. The fourth-order valence-electron chi connectivity index (χ4n) is 2.17. The molecule has 2 atom stereocenters. The topological polar surface area (TPSA) is 78.9 Å². The fraction of sp³-hybridized carbons (Fsp3) is 0.818. The molecule has 0 aliphatic carbocycles.